The predicted molar refractivity (Wildman–Crippen MR) is 63.2 cm³/mol. The van der Waals surface area contributed by atoms with Crippen molar-refractivity contribution in [1.82, 2.24) is 9.38 Å². The summed E-state index contributed by atoms with van der Waals surface area (Å²) in [5.41, 5.74) is 0.922. The number of aromatic nitrogens is 2. The molecule has 0 bridgehead atoms. The van der Waals surface area contributed by atoms with Crippen molar-refractivity contribution in [3.05, 3.63) is 29.5 Å². The summed E-state index contributed by atoms with van der Waals surface area (Å²) < 4.78 is 7.36. The number of ether oxygens (including phenoxy) is 1. The second-order valence-corrected chi connectivity index (χ2v) is 4.23. The molecule has 0 spiro atoms. The van der Waals surface area contributed by atoms with Crippen molar-refractivity contribution >= 4 is 23.1 Å². The summed E-state index contributed by atoms with van der Waals surface area (Å²) in [7, 11) is 0. The molecule has 0 amide bonds. The third kappa shape index (κ3) is 1.64. The molecule has 0 radical (unpaired) electrons. The van der Waals surface area contributed by atoms with Gasteiger partial charge in [0, 0.05) is 19.3 Å². The Labute approximate surface area is 98.4 Å². The Morgan fingerprint density at radius 1 is 1.25 bits per heavy atom. The van der Waals surface area contributed by atoms with Crippen molar-refractivity contribution in [2.75, 3.05) is 31.2 Å². The monoisotopic (exact) mass is 237 g/mol. The molecule has 2 aromatic heterocycles. The lowest BCUT2D eigenvalue weighted by molar-refractivity contribution is 0.122. The zero-order valence-corrected chi connectivity index (χ0v) is 9.52. The fraction of sp³-hybridized carbons (Fsp3) is 0.364. The van der Waals surface area contributed by atoms with Crippen LogP contribution in [0.4, 0.5) is 5.82 Å². The highest BCUT2D eigenvalue weighted by atomic mass is 35.5. The third-order valence-electron chi connectivity index (χ3n) is 2.79. The first-order valence-electron chi connectivity index (χ1n) is 5.30. The molecule has 3 rings (SSSR count). The number of anilines is 1. The minimum atomic E-state index is 0.722. The highest BCUT2D eigenvalue weighted by Crippen LogP contribution is 2.20. The van der Waals surface area contributed by atoms with E-state index in [0.717, 1.165) is 42.8 Å². The number of morpholine rings is 1. The number of nitrogens with zero attached hydrogens (tertiary/aromatic N) is 3. The van der Waals surface area contributed by atoms with E-state index >= 15 is 0 Å². The van der Waals surface area contributed by atoms with Gasteiger partial charge in [0.05, 0.1) is 24.4 Å². The maximum atomic E-state index is 5.99. The van der Waals surface area contributed by atoms with E-state index < -0.39 is 0 Å². The second-order valence-electron chi connectivity index (χ2n) is 3.79. The summed E-state index contributed by atoms with van der Waals surface area (Å²) >= 11 is 5.99. The van der Waals surface area contributed by atoms with Crippen LogP contribution in [0, 0.1) is 0 Å². The molecule has 0 aliphatic carbocycles. The third-order valence-corrected chi connectivity index (χ3v) is 3.01. The lowest BCUT2D eigenvalue weighted by Crippen LogP contribution is -2.36. The van der Waals surface area contributed by atoms with E-state index in [0.29, 0.717) is 0 Å². The molecule has 84 valence electrons. The Bertz CT molecular complexity index is 505. The summed E-state index contributed by atoms with van der Waals surface area (Å²) in [5.74, 6) is 1.08. The number of rotatable bonds is 1. The van der Waals surface area contributed by atoms with Gasteiger partial charge in [-0.25, -0.2) is 4.98 Å². The van der Waals surface area contributed by atoms with Crippen LogP contribution in [-0.4, -0.2) is 35.7 Å². The highest BCUT2D eigenvalue weighted by molar-refractivity contribution is 6.30. The van der Waals surface area contributed by atoms with Gasteiger partial charge in [0.25, 0.3) is 0 Å². The zero-order chi connectivity index (χ0) is 11.0. The number of hydrogen-bond acceptors (Lipinski definition) is 3. The first kappa shape index (κ1) is 9.93. The van der Waals surface area contributed by atoms with Crippen molar-refractivity contribution in [2.45, 2.75) is 0 Å². The van der Waals surface area contributed by atoms with E-state index in [-0.39, 0.29) is 0 Å². The largest absolute Gasteiger partial charge is 0.378 e. The van der Waals surface area contributed by atoms with Crippen molar-refractivity contribution in [2.24, 2.45) is 0 Å². The van der Waals surface area contributed by atoms with Crippen LogP contribution >= 0.6 is 11.6 Å². The first-order chi connectivity index (χ1) is 7.84. The van der Waals surface area contributed by atoms with E-state index in [9.17, 15) is 0 Å². The number of halogens is 1. The molecular formula is C11H12ClN3O. The van der Waals surface area contributed by atoms with Gasteiger partial charge in [-0.2, -0.15) is 0 Å². The molecule has 1 aliphatic heterocycles. The molecule has 1 aliphatic rings. The van der Waals surface area contributed by atoms with Gasteiger partial charge in [0.1, 0.15) is 11.5 Å². The lowest BCUT2D eigenvalue weighted by Gasteiger charge is -2.27. The van der Waals surface area contributed by atoms with Crippen molar-refractivity contribution in [1.29, 1.82) is 0 Å². The Morgan fingerprint density at radius 2 is 2.06 bits per heavy atom. The summed E-state index contributed by atoms with van der Waals surface area (Å²) in [6.07, 6.45) is 3.78. The van der Waals surface area contributed by atoms with E-state index in [1.807, 2.05) is 28.9 Å². The molecule has 16 heavy (non-hydrogen) atoms. The molecule has 0 saturated carbocycles. The molecule has 5 heteroatoms. The average molecular weight is 238 g/mol. The molecule has 0 atom stereocenters. The maximum Gasteiger partial charge on any atom is 0.138 e. The van der Waals surface area contributed by atoms with Crippen molar-refractivity contribution < 1.29 is 4.74 Å². The minimum Gasteiger partial charge on any atom is -0.378 e. The molecule has 4 nitrogen and oxygen atoms in total. The Morgan fingerprint density at radius 3 is 2.88 bits per heavy atom. The molecule has 1 saturated heterocycles. The molecule has 0 aromatic carbocycles. The average Bonchev–Trinajstić information content (AvgIpc) is 2.73. The van der Waals surface area contributed by atoms with E-state index in [4.69, 9.17) is 16.3 Å². The predicted octanol–water partition coefficient (Wildman–Crippen LogP) is 1.82. The Balaban J connectivity index is 2.05. The normalized spacial score (nSPS) is 16.9. The van der Waals surface area contributed by atoms with Gasteiger partial charge < -0.3 is 9.64 Å². The van der Waals surface area contributed by atoms with Crippen LogP contribution in [0.15, 0.2) is 24.5 Å². The first-order valence-corrected chi connectivity index (χ1v) is 5.68. The number of pyridine rings is 1. The van der Waals surface area contributed by atoms with Gasteiger partial charge in [0.2, 0.25) is 0 Å². The second kappa shape index (κ2) is 3.96. The summed E-state index contributed by atoms with van der Waals surface area (Å²) in [4.78, 5) is 6.62. The van der Waals surface area contributed by atoms with Crippen LogP contribution in [0.5, 0.6) is 0 Å². The van der Waals surface area contributed by atoms with Crippen LogP contribution in [0.2, 0.25) is 5.02 Å². The van der Waals surface area contributed by atoms with Crippen LogP contribution in [-0.2, 0) is 4.74 Å². The van der Waals surface area contributed by atoms with Gasteiger partial charge in [-0.1, -0.05) is 11.6 Å². The summed E-state index contributed by atoms with van der Waals surface area (Å²) in [5, 5.41) is 0.722. The van der Waals surface area contributed by atoms with Crippen LogP contribution in [0.1, 0.15) is 0 Å². The highest BCUT2D eigenvalue weighted by Gasteiger charge is 2.15. The number of imidazole rings is 1. The fourth-order valence-electron chi connectivity index (χ4n) is 1.97. The van der Waals surface area contributed by atoms with Gasteiger partial charge in [-0.3, -0.25) is 4.40 Å². The SMILES string of the molecule is Clc1ccc2ncc(N3CCOCC3)n2c1. The zero-order valence-electron chi connectivity index (χ0n) is 8.77. The quantitative estimate of drug-likeness (QED) is 0.758. The van der Waals surface area contributed by atoms with Gasteiger partial charge >= 0.3 is 0 Å². The smallest absolute Gasteiger partial charge is 0.138 e. The van der Waals surface area contributed by atoms with Gasteiger partial charge in [0.15, 0.2) is 0 Å². The number of fused-ring (bicyclic) bond motifs is 1. The Hall–Kier alpha value is -1.26. The minimum absolute atomic E-state index is 0.722. The summed E-state index contributed by atoms with van der Waals surface area (Å²) in [6, 6.07) is 3.78. The van der Waals surface area contributed by atoms with Crippen molar-refractivity contribution in [3.63, 3.8) is 0 Å². The standard InChI is InChI=1S/C11H12ClN3O/c12-9-1-2-10-13-7-11(15(10)8-9)14-3-5-16-6-4-14/h1-2,7-8H,3-6H2. The van der Waals surface area contributed by atoms with Crippen LogP contribution in [0.3, 0.4) is 0 Å². The molecule has 0 unspecified atom stereocenters. The maximum absolute atomic E-state index is 5.99. The van der Waals surface area contributed by atoms with E-state index in [1.54, 1.807) is 0 Å². The molecule has 0 N–H and O–H groups in total. The van der Waals surface area contributed by atoms with Gasteiger partial charge in [-0.15, -0.1) is 0 Å². The van der Waals surface area contributed by atoms with Crippen molar-refractivity contribution in [3.8, 4) is 0 Å². The molecular weight excluding hydrogens is 226 g/mol. The topological polar surface area (TPSA) is 29.8 Å². The number of hydrogen-bond donors (Lipinski definition) is 0. The van der Waals surface area contributed by atoms with E-state index in [2.05, 4.69) is 9.88 Å². The summed E-state index contributed by atoms with van der Waals surface area (Å²) in [6.45, 7) is 3.35. The van der Waals surface area contributed by atoms with Crippen LogP contribution < -0.4 is 4.90 Å². The molecule has 3 heterocycles. The molecule has 2 aromatic rings. The van der Waals surface area contributed by atoms with Gasteiger partial charge in [-0.05, 0) is 12.1 Å². The Kier molecular flexibility index (Phi) is 2.46. The fourth-order valence-corrected chi connectivity index (χ4v) is 2.13. The van der Waals surface area contributed by atoms with E-state index in [1.165, 1.54) is 0 Å². The van der Waals surface area contributed by atoms with Crippen LogP contribution in [0.25, 0.3) is 5.65 Å². The lowest BCUT2D eigenvalue weighted by atomic mass is 10.4. The molecule has 1 fully saturated rings.